The number of fused-ring (bicyclic) bond motifs is 3. The second-order valence-corrected chi connectivity index (χ2v) is 6.92. The monoisotopic (exact) mass is 238 g/mol. The highest BCUT2D eigenvalue weighted by atomic mass is 16.1. The Bertz CT molecular complexity index is 306. The Morgan fingerprint density at radius 1 is 1.29 bits per heavy atom. The van der Waals surface area contributed by atoms with E-state index in [0.29, 0.717) is 17.7 Å². The van der Waals surface area contributed by atoms with Crippen molar-refractivity contribution in [3.05, 3.63) is 0 Å². The van der Waals surface area contributed by atoms with E-state index in [4.69, 9.17) is 0 Å². The quantitative estimate of drug-likeness (QED) is 0.796. The minimum Gasteiger partial charge on any atom is -0.302 e. The lowest BCUT2D eigenvalue weighted by Gasteiger charge is -2.51. The first-order chi connectivity index (χ1) is 7.79. The topological polar surface area (TPSA) is 32.3 Å². The summed E-state index contributed by atoms with van der Waals surface area (Å²) in [6.45, 7) is 11.9. The van der Waals surface area contributed by atoms with Crippen LogP contribution in [-0.2, 0) is 4.79 Å². The minimum atomic E-state index is 0.0282. The highest BCUT2D eigenvalue weighted by Crippen LogP contribution is 2.34. The summed E-state index contributed by atoms with van der Waals surface area (Å²) in [5, 5.41) is 3.52. The summed E-state index contributed by atoms with van der Waals surface area (Å²) >= 11 is 0. The van der Waals surface area contributed by atoms with Gasteiger partial charge in [-0.05, 0) is 53.4 Å². The van der Waals surface area contributed by atoms with Gasteiger partial charge in [-0.2, -0.15) is 0 Å². The largest absolute Gasteiger partial charge is 0.302 e. The number of Topliss-reactive ketones (excluding diaryl/α,β-unsaturated/α-hetero) is 1. The van der Waals surface area contributed by atoms with Crippen molar-refractivity contribution in [2.45, 2.75) is 71.1 Å². The van der Waals surface area contributed by atoms with Crippen LogP contribution in [0.25, 0.3) is 0 Å². The lowest BCUT2D eigenvalue weighted by molar-refractivity contribution is -0.139. The molecule has 2 saturated heterocycles. The Morgan fingerprint density at radius 2 is 1.94 bits per heavy atom. The van der Waals surface area contributed by atoms with Crippen LogP contribution >= 0.6 is 0 Å². The van der Waals surface area contributed by atoms with Crippen LogP contribution in [0.5, 0.6) is 0 Å². The summed E-state index contributed by atoms with van der Waals surface area (Å²) in [6.07, 6.45) is 2.26. The van der Waals surface area contributed by atoms with Gasteiger partial charge in [-0.1, -0.05) is 0 Å². The molecule has 0 amide bonds. The van der Waals surface area contributed by atoms with Gasteiger partial charge in [0, 0.05) is 18.1 Å². The van der Waals surface area contributed by atoms with Gasteiger partial charge in [0.1, 0.15) is 0 Å². The van der Waals surface area contributed by atoms with Crippen molar-refractivity contribution < 1.29 is 4.79 Å². The Labute approximate surface area is 105 Å². The first-order valence-corrected chi connectivity index (χ1v) is 6.87. The van der Waals surface area contributed by atoms with Crippen LogP contribution in [0.3, 0.4) is 0 Å². The normalized spacial score (nSPS) is 34.7. The first kappa shape index (κ1) is 13.0. The van der Waals surface area contributed by atoms with Crippen molar-refractivity contribution in [2.75, 3.05) is 6.54 Å². The number of carbonyl (C=O) groups excluding carboxylic acids is 1. The van der Waals surface area contributed by atoms with Gasteiger partial charge in [0.2, 0.25) is 0 Å². The maximum atomic E-state index is 12.5. The molecule has 1 N–H and O–H groups in total. The predicted octanol–water partition coefficient (Wildman–Crippen LogP) is 1.81. The predicted molar refractivity (Wildman–Crippen MR) is 70.0 cm³/mol. The first-order valence-electron chi connectivity index (χ1n) is 6.87. The van der Waals surface area contributed by atoms with E-state index in [1.165, 1.54) is 6.42 Å². The fourth-order valence-electron chi connectivity index (χ4n) is 3.27. The van der Waals surface area contributed by atoms with Crippen molar-refractivity contribution in [3.8, 4) is 0 Å². The van der Waals surface area contributed by atoms with E-state index in [-0.39, 0.29) is 17.6 Å². The zero-order valence-corrected chi connectivity index (χ0v) is 11.8. The highest BCUT2D eigenvalue weighted by molar-refractivity contribution is 5.91. The molecule has 1 saturated carbocycles. The van der Waals surface area contributed by atoms with Gasteiger partial charge in [-0.15, -0.1) is 0 Å². The van der Waals surface area contributed by atoms with E-state index in [9.17, 15) is 4.79 Å². The Hall–Kier alpha value is -0.410. The lowest BCUT2D eigenvalue weighted by Crippen LogP contribution is -2.67. The summed E-state index contributed by atoms with van der Waals surface area (Å²) in [5.74, 6) is 0.935. The highest BCUT2D eigenvalue weighted by Gasteiger charge is 2.48. The van der Waals surface area contributed by atoms with E-state index >= 15 is 0 Å². The van der Waals surface area contributed by atoms with E-state index in [1.54, 1.807) is 0 Å². The number of hydrogen-bond donors (Lipinski definition) is 1. The average molecular weight is 238 g/mol. The number of nitrogens with zero attached hydrogens (tertiary/aromatic N) is 1. The van der Waals surface area contributed by atoms with Crippen molar-refractivity contribution in [3.63, 3.8) is 0 Å². The molecule has 0 aromatic carbocycles. The SMILES string of the molecule is CC(C)N1CC2CCC1C(=O)C2NC(C)(C)C. The molecule has 0 aromatic heterocycles. The van der Waals surface area contributed by atoms with Gasteiger partial charge in [-0.3, -0.25) is 9.69 Å². The molecule has 1 aliphatic carbocycles. The number of hydrogen-bond acceptors (Lipinski definition) is 3. The minimum absolute atomic E-state index is 0.0282. The number of ketones is 1. The van der Waals surface area contributed by atoms with E-state index in [2.05, 4.69) is 44.8 Å². The van der Waals surface area contributed by atoms with Crippen LogP contribution in [0.15, 0.2) is 0 Å². The van der Waals surface area contributed by atoms with Crippen LogP contribution in [0.2, 0.25) is 0 Å². The second kappa shape index (κ2) is 4.36. The van der Waals surface area contributed by atoms with Gasteiger partial charge >= 0.3 is 0 Å². The molecule has 3 fully saturated rings. The fraction of sp³-hybridized carbons (Fsp3) is 0.929. The van der Waals surface area contributed by atoms with Crippen LogP contribution < -0.4 is 5.32 Å². The molecule has 17 heavy (non-hydrogen) atoms. The zero-order chi connectivity index (χ0) is 12.8. The van der Waals surface area contributed by atoms with Crippen LogP contribution in [0, 0.1) is 5.92 Å². The zero-order valence-electron chi connectivity index (χ0n) is 11.8. The van der Waals surface area contributed by atoms with Crippen molar-refractivity contribution in [2.24, 2.45) is 5.92 Å². The molecule has 3 unspecified atom stereocenters. The summed E-state index contributed by atoms with van der Waals surface area (Å²) in [6, 6.07) is 0.742. The van der Waals surface area contributed by atoms with Gasteiger partial charge < -0.3 is 5.32 Å². The smallest absolute Gasteiger partial charge is 0.167 e. The molecule has 0 spiro atoms. The summed E-state index contributed by atoms with van der Waals surface area (Å²) in [7, 11) is 0. The second-order valence-electron chi connectivity index (χ2n) is 6.92. The summed E-state index contributed by atoms with van der Waals surface area (Å²) < 4.78 is 0. The Kier molecular flexibility index (Phi) is 3.34. The summed E-state index contributed by atoms with van der Waals surface area (Å²) in [5.41, 5.74) is 0.0282. The molecule has 3 atom stereocenters. The van der Waals surface area contributed by atoms with Crippen LogP contribution in [-0.4, -0.2) is 40.9 Å². The van der Waals surface area contributed by atoms with Gasteiger partial charge in [-0.25, -0.2) is 0 Å². The molecule has 3 heteroatoms. The lowest BCUT2D eigenvalue weighted by atomic mass is 9.74. The van der Waals surface area contributed by atoms with Crippen molar-refractivity contribution >= 4 is 5.78 Å². The van der Waals surface area contributed by atoms with Crippen molar-refractivity contribution in [1.82, 2.24) is 10.2 Å². The fourth-order valence-corrected chi connectivity index (χ4v) is 3.27. The molecule has 3 aliphatic rings. The number of nitrogens with one attached hydrogen (secondary N) is 1. The molecule has 0 aromatic rings. The maximum absolute atomic E-state index is 12.5. The molecule has 3 rings (SSSR count). The third-order valence-electron chi connectivity index (χ3n) is 4.01. The standard InChI is InChI=1S/C14H26N2O/c1-9(2)16-8-10-6-7-11(16)13(17)12(10)15-14(3,4)5/h9-12,15H,6-8H2,1-5H3. The van der Waals surface area contributed by atoms with E-state index < -0.39 is 0 Å². The molecule has 98 valence electrons. The third-order valence-corrected chi connectivity index (χ3v) is 4.01. The molecule has 0 radical (unpaired) electrons. The van der Waals surface area contributed by atoms with Gasteiger partial charge in [0.05, 0.1) is 12.1 Å². The van der Waals surface area contributed by atoms with Crippen molar-refractivity contribution in [1.29, 1.82) is 0 Å². The average Bonchev–Trinajstić information content (AvgIpc) is 2.21. The van der Waals surface area contributed by atoms with E-state index in [1.807, 2.05) is 0 Å². The Morgan fingerprint density at radius 3 is 2.41 bits per heavy atom. The third kappa shape index (κ3) is 2.55. The van der Waals surface area contributed by atoms with E-state index in [0.717, 1.165) is 13.0 Å². The molecule has 2 heterocycles. The molecule has 2 aliphatic heterocycles. The van der Waals surface area contributed by atoms with Crippen LogP contribution in [0.4, 0.5) is 0 Å². The Balaban J connectivity index is 2.12. The molecule has 2 bridgehead atoms. The maximum Gasteiger partial charge on any atom is 0.167 e. The van der Waals surface area contributed by atoms with Crippen LogP contribution in [0.1, 0.15) is 47.5 Å². The number of carbonyl (C=O) groups is 1. The number of piperidine rings is 2. The van der Waals surface area contributed by atoms with Gasteiger partial charge in [0.15, 0.2) is 5.78 Å². The molecular weight excluding hydrogens is 212 g/mol. The number of rotatable bonds is 2. The molecule has 3 nitrogen and oxygen atoms in total. The molecular formula is C14H26N2O. The summed E-state index contributed by atoms with van der Waals surface area (Å²) in [4.78, 5) is 14.9. The van der Waals surface area contributed by atoms with Gasteiger partial charge in [0.25, 0.3) is 0 Å².